The number of rotatable bonds is 6. The molecule has 0 bridgehead atoms. The van der Waals surface area contributed by atoms with Crippen LogP contribution in [0.3, 0.4) is 0 Å². The van der Waals surface area contributed by atoms with E-state index in [4.69, 9.17) is 4.42 Å². The van der Waals surface area contributed by atoms with Crippen molar-refractivity contribution in [2.24, 2.45) is 0 Å². The monoisotopic (exact) mass is 392 g/mol. The van der Waals surface area contributed by atoms with E-state index < -0.39 is 0 Å². The summed E-state index contributed by atoms with van der Waals surface area (Å²) in [6.45, 7) is 4.43. The van der Waals surface area contributed by atoms with Crippen LogP contribution < -0.4 is 10.6 Å². The van der Waals surface area contributed by atoms with Crippen molar-refractivity contribution in [1.82, 2.24) is 15.3 Å². The highest BCUT2D eigenvalue weighted by Gasteiger charge is 2.21. The molecule has 0 fully saturated rings. The van der Waals surface area contributed by atoms with Crippen molar-refractivity contribution in [3.63, 3.8) is 0 Å². The smallest absolute Gasteiger partial charge is 0.262 e. The number of furan rings is 1. The van der Waals surface area contributed by atoms with Crippen molar-refractivity contribution in [2.45, 2.75) is 26.4 Å². The van der Waals surface area contributed by atoms with Crippen LogP contribution in [0.15, 0.2) is 59.5 Å². The van der Waals surface area contributed by atoms with Gasteiger partial charge in [-0.3, -0.25) is 4.79 Å². The lowest BCUT2D eigenvalue weighted by molar-refractivity contribution is 0.0943. The molecule has 0 unspecified atom stereocenters. The molecule has 28 heavy (non-hydrogen) atoms. The quantitative estimate of drug-likeness (QED) is 0.497. The number of thiophene rings is 1. The molecule has 0 aliphatic carbocycles. The van der Waals surface area contributed by atoms with Crippen LogP contribution in [0.1, 0.15) is 39.5 Å². The van der Waals surface area contributed by atoms with E-state index in [2.05, 4.69) is 20.6 Å². The lowest BCUT2D eigenvalue weighted by Gasteiger charge is -2.14. The lowest BCUT2D eigenvalue weighted by atomic mass is 10.1. The maximum atomic E-state index is 12.9. The number of carbonyl (C=O) groups excluding carboxylic acids is 1. The Labute approximate surface area is 166 Å². The Morgan fingerprint density at radius 1 is 1.18 bits per heavy atom. The Balaban J connectivity index is 1.58. The Morgan fingerprint density at radius 2 is 2.00 bits per heavy atom. The van der Waals surface area contributed by atoms with Crippen molar-refractivity contribution in [3.05, 3.63) is 76.8 Å². The zero-order valence-electron chi connectivity index (χ0n) is 15.6. The first kappa shape index (κ1) is 18.2. The second-order valence-corrected chi connectivity index (χ2v) is 7.50. The predicted molar refractivity (Wildman–Crippen MR) is 111 cm³/mol. The highest BCUT2D eigenvalue weighted by Crippen LogP contribution is 2.33. The van der Waals surface area contributed by atoms with Gasteiger partial charge in [-0.2, -0.15) is 0 Å². The molecule has 3 heterocycles. The molecule has 1 atom stereocenters. The molecule has 0 aliphatic heterocycles. The number of hydrogen-bond acceptors (Lipinski definition) is 6. The minimum Gasteiger partial charge on any atom is -0.467 e. The molecule has 1 aromatic carbocycles. The normalized spacial score (nSPS) is 12.1. The lowest BCUT2D eigenvalue weighted by Crippen LogP contribution is -2.26. The first-order valence-electron chi connectivity index (χ1n) is 8.99. The minimum atomic E-state index is -0.103. The van der Waals surface area contributed by atoms with E-state index in [1.165, 1.54) is 17.7 Å². The van der Waals surface area contributed by atoms with Gasteiger partial charge in [-0.25, -0.2) is 9.97 Å². The topological polar surface area (TPSA) is 80.0 Å². The van der Waals surface area contributed by atoms with Gasteiger partial charge in [0, 0.05) is 0 Å². The molecule has 0 aliphatic rings. The van der Waals surface area contributed by atoms with Crippen LogP contribution >= 0.6 is 11.3 Å². The third kappa shape index (κ3) is 3.61. The van der Waals surface area contributed by atoms with Crippen LogP contribution in [0.5, 0.6) is 0 Å². The van der Waals surface area contributed by atoms with Gasteiger partial charge in [0.1, 0.15) is 22.7 Å². The summed E-state index contributed by atoms with van der Waals surface area (Å²) in [7, 11) is 0. The van der Waals surface area contributed by atoms with E-state index in [9.17, 15) is 4.79 Å². The number of nitrogens with zero attached hydrogens (tertiary/aromatic N) is 2. The molecule has 4 rings (SSSR count). The highest BCUT2D eigenvalue weighted by molar-refractivity contribution is 7.20. The molecule has 0 spiro atoms. The number of fused-ring (bicyclic) bond motifs is 1. The highest BCUT2D eigenvalue weighted by atomic mass is 32.1. The van der Waals surface area contributed by atoms with Gasteiger partial charge < -0.3 is 15.1 Å². The second-order valence-electron chi connectivity index (χ2n) is 6.50. The number of carbonyl (C=O) groups is 1. The fourth-order valence-corrected chi connectivity index (χ4v) is 4.15. The van der Waals surface area contributed by atoms with Crippen molar-refractivity contribution < 1.29 is 9.21 Å². The van der Waals surface area contributed by atoms with Gasteiger partial charge in [0.15, 0.2) is 0 Å². The first-order chi connectivity index (χ1) is 13.6. The van der Waals surface area contributed by atoms with E-state index >= 15 is 0 Å². The molecule has 3 aromatic heterocycles. The van der Waals surface area contributed by atoms with E-state index in [0.717, 1.165) is 27.1 Å². The number of anilines is 1. The van der Waals surface area contributed by atoms with E-state index in [0.29, 0.717) is 17.2 Å². The van der Waals surface area contributed by atoms with Crippen LogP contribution in [0.2, 0.25) is 0 Å². The predicted octanol–water partition coefficient (Wildman–Crippen LogP) is 4.70. The van der Waals surface area contributed by atoms with Gasteiger partial charge in [0.25, 0.3) is 5.91 Å². The molecule has 0 saturated heterocycles. The van der Waals surface area contributed by atoms with E-state index in [1.807, 2.05) is 56.3 Å². The summed E-state index contributed by atoms with van der Waals surface area (Å²) in [6, 6.07) is 13.6. The van der Waals surface area contributed by atoms with Crippen LogP contribution in [-0.2, 0) is 6.54 Å². The summed E-state index contributed by atoms with van der Waals surface area (Å²) in [5, 5.41) is 7.23. The van der Waals surface area contributed by atoms with Crippen LogP contribution in [0, 0.1) is 6.92 Å². The molecule has 1 amide bonds. The molecule has 0 saturated carbocycles. The molecule has 6 nitrogen and oxygen atoms in total. The van der Waals surface area contributed by atoms with Gasteiger partial charge in [-0.1, -0.05) is 30.3 Å². The number of nitrogens with one attached hydrogen (secondary N) is 2. The van der Waals surface area contributed by atoms with Crippen molar-refractivity contribution >= 4 is 33.3 Å². The summed E-state index contributed by atoms with van der Waals surface area (Å²) in [5.41, 5.74) is 1.94. The van der Waals surface area contributed by atoms with Crippen molar-refractivity contribution in [1.29, 1.82) is 0 Å². The fourth-order valence-electron chi connectivity index (χ4n) is 3.09. The number of benzene rings is 1. The maximum Gasteiger partial charge on any atom is 0.262 e. The molecule has 142 valence electrons. The molecule has 0 radical (unpaired) electrons. The summed E-state index contributed by atoms with van der Waals surface area (Å²) < 4.78 is 5.36. The summed E-state index contributed by atoms with van der Waals surface area (Å²) >= 11 is 1.38. The van der Waals surface area contributed by atoms with Crippen molar-refractivity contribution in [2.75, 3.05) is 5.32 Å². The summed E-state index contributed by atoms with van der Waals surface area (Å²) in [4.78, 5) is 23.0. The molecular weight excluding hydrogens is 372 g/mol. The van der Waals surface area contributed by atoms with Crippen LogP contribution in [0.4, 0.5) is 5.82 Å². The van der Waals surface area contributed by atoms with Crippen molar-refractivity contribution in [3.8, 4) is 0 Å². The summed E-state index contributed by atoms with van der Waals surface area (Å²) in [5.74, 6) is 1.41. The number of hydrogen-bond donors (Lipinski definition) is 2. The average molecular weight is 392 g/mol. The molecule has 2 N–H and O–H groups in total. The van der Waals surface area contributed by atoms with E-state index in [1.54, 1.807) is 6.26 Å². The maximum absolute atomic E-state index is 12.9. The third-order valence-corrected chi connectivity index (χ3v) is 5.79. The molecular formula is C21H20N4O2S. The number of aryl methyl sites for hydroxylation is 1. The number of amides is 1. The first-order valence-corrected chi connectivity index (χ1v) is 9.81. The zero-order valence-corrected chi connectivity index (χ0v) is 16.4. The molecule has 4 aromatic rings. The van der Waals surface area contributed by atoms with Gasteiger partial charge in [0.2, 0.25) is 0 Å². The van der Waals surface area contributed by atoms with Gasteiger partial charge in [-0.15, -0.1) is 11.3 Å². The fraction of sp³-hybridized carbons (Fsp3) is 0.190. The van der Waals surface area contributed by atoms with E-state index in [-0.39, 0.29) is 11.9 Å². The second kappa shape index (κ2) is 7.82. The summed E-state index contributed by atoms with van der Waals surface area (Å²) in [6.07, 6.45) is 3.15. The van der Waals surface area contributed by atoms with Gasteiger partial charge in [0.05, 0.1) is 29.1 Å². The molecule has 7 heteroatoms. The average Bonchev–Trinajstić information content (AvgIpc) is 3.35. The standard InChI is InChI=1S/C21H20N4O2S/c1-13-17-19(22-11-16-9-6-10-27-16)23-12-24-21(17)28-18(13)20(26)25-14(2)15-7-4-3-5-8-15/h3-10,12,14H,11H2,1-2H3,(H,25,26)(H,22,23,24)/t14-/m1/s1. The number of aromatic nitrogens is 2. The SMILES string of the molecule is Cc1c(C(=O)N[C@H](C)c2ccccc2)sc2ncnc(NCc3ccco3)c12. The van der Waals surface area contributed by atoms with Gasteiger partial charge >= 0.3 is 0 Å². The largest absolute Gasteiger partial charge is 0.467 e. The Morgan fingerprint density at radius 3 is 2.75 bits per heavy atom. The zero-order chi connectivity index (χ0) is 19.5. The Kier molecular flexibility index (Phi) is 5.08. The van der Waals surface area contributed by atoms with Crippen LogP contribution in [-0.4, -0.2) is 15.9 Å². The third-order valence-electron chi connectivity index (χ3n) is 4.59. The van der Waals surface area contributed by atoms with Gasteiger partial charge in [-0.05, 0) is 37.1 Å². The Hall–Kier alpha value is -3.19. The van der Waals surface area contributed by atoms with Crippen LogP contribution in [0.25, 0.3) is 10.2 Å². The minimum absolute atomic E-state index is 0.0825. The Bertz CT molecular complexity index is 1090.